The van der Waals surface area contributed by atoms with Gasteiger partial charge in [0.1, 0.15) is 0 Å². The van der Waals surface area contributed by atoms with Crippen molar-refractivity contribution in [3.63, 3.8) is 0 Å². The maximum Gasteiger partial charge on any atom is -0.0417 e. The Hall–Kier alpha value is 0. The van der Waals surface area contributed by atoms with Crippen LogP contribution in [0.2, 0.25) is 0 Å². The molecule has 0 aromatic carbocycles. The van der Waals surface area contributed by atoms with Gasteiger partial charge >= 0.3 is 0 Å². The highest BCUT2D eigenvalue weighted by atomic mass is 14.2. The summed E-state index contributed by atoms with van der Waals surface area (Å²) in [5.74, 6) is 2.82. The van der Waals surface area contributed by atoms with Crippen LogP contribution in [0, 0.1) is 17.8 Å². The first-order valence-corrected chi connectivity index (χ1v) is 5.57. The zero-order valence-corrected chi connectivity index (χ0v) is 9.56. The van der Waals surface area contributed by atoms with Gasteiger partial charge in [-0.3, -0.25) is 0 Å². The second-order valence-corrected chi connectivity index (χ2v) is 4.69. The first kappa shape index (κ1) is 12.0. The molecular weight excluding hydrogens is 144 g/mol. The Morgan fingerprint density at radius 1 is 1.00 bits per heavy atom. The Balaban J connectivity index is 0.000000202. The van der Waals surface area contributed by atoms with E-state index in [1.165, 1.54) is 25.7 Å². The van der Waals surface area contributed by atoms with E-state index in [0.717, 1.165) is 17.8 Å². The maximum absolute atomic E-state index is 2.28. The first-order valence-electron chi connectivity index (χ1n) is 5.57. The van der Waals surface area contributed by atoms with Crippen molar-refractivity contribution in [2.24, 2.45) is 17.8 Å². The molecule has 0 atom stereocenters. The number of hydrogen-bond acceptors (Lipinski definition) is 0. The van der Waals surface area contributed by atoms with E-state index in [2.05, 4.69) is 34.6 Å². The molecule has 0 radical (unpaired) electrons. The fraction of sp³-hybridized carbons (Fsp3) is 1.00. The van der Waals surface area contributed by atoms with Crippen LogP contribution in [0.3, 0.4) is 0 Å². The lowest BCUT2D eigenvalue weighted by Gasteiger charge is -2.22. The topological polar surface area (TPSA) is 0 Å². The molecule has 0 amide bonds. The van der Waals surface area contributed by atoms with Crippen LogP contribution in [0.4, 0.5) is 0 Å². The van der Waals surface area contributed by atoms with E-state index in [4.69, 9.17) is 0 Å². The third kappa shape index (κ3) is 5.62. The molecule has 0 nitrogen and oxygen atoms in total. The van der Waals surface area contributed by atoms with E-state index in [-0.39, 0.29) is 0 Å². The van der Waals surface area contributed by atoms with Crippen LogP contribution < -0.4 is 0 Å². The summed E-state index contributed by atoms with van der Waals surface area (Å²) in [6.07, 6.45) is 5.94. The monoisotopic (exact) mass is 170 g/mol. The van der Waals surface area contributed by atoms with Crippen LogP contribution in [-0.2, 0) is 0 Å². The number of rotatable bonds is 2. The molecule has 0 aromatic heterocycles. The van der Waals surface area contributed by atoms with E-state index < -0.39 is 0 Å². The summed E-state index contributed by atoms with van der Waals surface area (Å²) in [4.78, 5) is 0. The Labute approximate surface area is 78.8 Å². The summed E-state index contributed by atoms with van der Waals surface area (Å²) in [7, 11) is 0. The van der Waals surface area contributed by atoms with Crippen LogP contribution >= 0.6 is 0 Å². The quantitative estimate of drug-likeness (QED) is 0.572. The highest BCUT2D eigenvalue weighted by Crippen LogP contribution is 2.28. The van der Waals surface area contributed by atoms with E-state index in [1.807, 2.05) is 0 Å². The third-order valence-corrected chi connectivity index (χ3v) is 3.14. The fourth-order valence-electron chi connectivity index (χ4n) is 0.901. The van der Waals surface area contributed by atoms with Gasteiger partial charge in [-0.2, -0.15) is 0 Å². The normalized spacial score (nSPS) is 17.2. The summed E-state index contributed by atoms with van der Waals surface area (Å²) in [5.41, 5.74) is 0. The molecule has 0 aromatic rings. The molecule has 0 heterocycles. The van der Waals surface area contributed by atoms with Gasteiger partial charge < -0.3 is 0 Å². The van der Waals surface area contributed by atoms with Crippen molar-refractivity contribution in [1.82, 2.24) is 0 Å². The second kappa shape index (κ2) is 6.51. The van der Waals surface area contributed by atoms with Crippen LogP contribution in [0.5, 0.6) is 0 Å². The Kier molecular flexibility index (Phi) is 6.51. The Bertz CT molecular complexity index is 79.5. The van der Waals surface area contributed by atoms with Gasteiger partial charge in [0.2, 0.25) is 0 Å². The zero-order valence-electron chi connectivity index (χ0n) is 9.56. The molecule has 0 N–H and O–H groups in total. The van der Waals surface area contributed by atoms with Crippen LogP contribution in [0.1, 0.15) is 60.3 Å². The van der Waals surface area contributed by atoms with Crippen molar-refractivity contribution < 1.29 is 0 Å². The van der Waals surface area contributed by atoms with Crippen molar-refractivity contribution in [3.05, 3.63) is 0 Å². The second-order valence-electron chi connectivity index (χ2n) is 4.69. The lowest BCUT2D eigenvalue weighted by molar-refractivity contribution is 0.307. The minimum absolute atomic E-state index is 0.852. The largest absolute Gasteiger partial charge is 0.0651 e. The molecule has 0 aliphatic heterocycles. The summed E-state index contributed by atoms with van der Waals surface area (Å²) in [6.45, 7) is 11.2. The van der Waals surface area contributed by atoms with Gasteiger partial charge in [-0.15, -0.1) is 0 Å². The highest BCUT2D eigenvalue weighted by Gasteiger charge is 2.13. The van der Waals surface area contributed by atoms with E-state index in [1.54, 1.807) is 0 Å². The molecule has 74 valence electrons. The lowest BCUT2D eigenvalue weighted by Crippen LogP contribution is -2.08. The molecule has 1 aliphatic rings. The predicted octanol–water partition coefficient (Wildman–Crippen LogP) is 4.49. The summed E-state index contributed by atoms with van der Waals surface area (Å²) >= 11 is 0. The molecule has 0 unspecified atom stereocenters. The van der Waals surface area contributed by atoms with E-state index in [0.29, 0.717) is 0 Å². The van der Waals surface area contributed by atoms with Crippen molar-refractivity contribution in [1.29, 1.82) is 0 Å². The molecule has 1 aliphatic carbocycles. The molecule has 1 fully saturated rings. The van der Waals surface area contributed by atoms with Crippen molar-refractivity contribution in [3.8, 4) is 0 Å². The Morgan fingerprint density at radius 2 is 1.42 bits per heavy atom. The van der Waals surface area contributed by atoms with Crippen LogP contribution in [0.25, 0.3) is 0 Å². The standard InChI is InChI=1S/C6H12.C6H14/c1-2-6-4-3-5-6;1-5(2)6(3)4/h6H,2-5H2,1H3;5-6H,1-4H3. The summed E-state index contributed by atoms with van der Waals surface area (Å²) in [6, 6.07) is 0. The van der Waals surface area contributed by atoms with E-state index in [9.17, 15) is 0 Å². The van der Waals surface area contributed by atoms with Gasteiger partial charge in [0.05, 0.1) is 0 Å². The van der Waals surface area contributed by atoms with Gasteiger partial charge in [-0.05, 0) is 17.8 Å². The Morgan fingerprint density at radius 3 is 1.42 bits per heavy atom. The molecule has 0 heteroatoms. The molecule has 0 saturated heterocycles. The van der Waals surface area contributed by atoms with Gasteiger partial charge in [-0.1, -0.05) is 60.3 Å². The minimum Gasteiger partial charge on any atom is -0.0651 e. The van der Waals surface area contributed by atoms with Gasteiger partial charge in [0, 0.05) is 0 Å². The third-order valence-electron chi connectivity index (χ3n) is 3.14. The fourth-order valence-corrected chi connectivity index (χ4v) is 0.901. The average Bonchev–Trinajstić information content (AvgIpc) is 1.86. The molecular formula is C12H26. The van der Waals surface area contributed by atoms with Crippen molar-refractivity contribution >= 4 is 0 Å². The molecule has 0 spiro atoms. The van der Waals surface area contributed by atoms with Gasteiger partial charge in [0.15, 0.2) is 0 Å². The average molecular weight is 170 g/mol. The maximum atomic E-state index is 2.28. The molecule has 1 saturated carbocycles. The van der Waals surface area contributed by atoms with Crippen LogP contribution in [-0.4, -0.2) is 0 Å². The highest BCUT2D eigenvalue weighted by molar-refractivity contribution is 4.66. The lowest BCUT2D eigenvalue weighted by atomic mass is 9.84. The first-order chi connectivity index (χ1) is 5.57. The molecule has 12 heavy (non-hydrogen) atoms. The van der Waals surface area contributed by atoms with E-state index >= 15 is 0 Å². The molecule has 1 rings (SSSR count). The van der Waals surface area contributed by atoms with Gasteiger partial charge in [0.25, 0.3) is 0 Å². The molecule has 0 bridgehead atoms. The zero-order chi connectivity index (χ0) is 9.56. The van der Waals surface area contributed by atoms with Crippen molar-refractivity contribution in [2.45, 2.75) is 60.3 Å². The smallest absolute Gasteiger partial charge is 0.0417 e. The summed E-state index contributed by atoms with van der Waals surface area (Å²) < 4.78 is 0. The van der Waals surface area contributed by atoms with Gasteiger partial charge in [-0.25, -0.2) is 0 Å². The summed E-state index contributed by atoms with van der Waals surface area (Å²) in [5, 5.41) is 0. The van der Waals surface area contributed by atoms with Crippen molar-refractivity contribution in [2.75, 3.05) is 0 Å². The number of hydrogen-bond donors (Lipinski definition) is 0. The predicted molar refractivity (Wildman–Crippen MR) is 57.3 cm³/mol. The van der Waals surface area contributed by atoms with Crippen LogP contribution in [0.15, 0.2) is 0 Å². The SMILES string of the molecule is CC(C)C(C)C.CCC1CCC1. The minimum atomic E-state index is 0.852.